The third kappa shape index (κ3) is 5.21. The Balaban J connectivity index is 1.76. The highest BCUT2D eigenvalue weighted by molar-refractivity contribution is 6.09. The quantitative estimate of drug-likeness (QED) is 0.452. The lowest BCUT2D eigenvalue weighted by Gasteiger charge is -2.36. The lowest BCUT2D eigenvalue weighted by atomic mass is 9.69. The number of allylic oxidation sites excluding steroid dienone is 2. The molecule has 38 heavy (non-hydrogen) atoms. The summed E-state index contributed by atoms with van der Waals surface area (Å²) in [6, 6.07) is 12.5. The Kier molecular flexibility index (Phi) is 8.29. The normalized spacial score (nSPS) is 20.8. The zero-order valence-corrected chi connectivity index (χ0v) is 22.4. The van der Waals surface area contributed by atoms with Crippen LogP contribution in [0.4, 0.5) is 0 Å². The SMILES string of the molecule is CCCOC(=O)C1C(C)=NC2=C(C(=O)C[C@H](c3ccc(OC)c(OC)c3)C2)[C@@H]1c1ccc(C(=O)OC)cc1. The number of methoxy groups -OCH3 is 3. The van der Waals surface area contributed by atoms with Crippen molar-refractivity contribution < 1.29 is 33.3 Å². The van der Waals surface area contributed by atoms with Crippen LogP contribution < -0.4 is 9.47 Å². The summed E-state index contributed by atoms with van der Waals surface area (Å²) in [5, 5.41) is 0. The molecule has 1 aliphatic heterocycles. The number of esters is 2. The topological polar surface area (TPSA) is 100 Å². The van der Waals surface area contributed by atoms with Gasteiger partial charge in [-0.2, -0.15) is 0 Å². The minimum atomic E-state index is -0.731. The van der Waals surface area contributed by atoms with E-state index >= 15 is 0 Å². The number of hydrogen-bond donors (Lipinski definition) is 0. The zero-order valence-electron chi connectivity index (χ0n) is 22.4. The molecule has 2 aromatic rings. The second kappa shape index (κ2) is 11.6. The molecule has 0 saturated heterocycles. The fourth-order valence-electron chi connectivity index (χ4n) is 5.30. The van der Waals surface area contributed by atoms with Gasteiger partial charge in [-0.3, -0.25) is 14.6 Å². The van der Waals surface area contributed by atoms with E-state index in [1.165, 1.54) is 7.11 Å². The van der Waals surface area contributed by atoms with Gasteiger partial charge in [-0.05, 0) is 61.1 Å². The number of carbonyl (C=O) groups excluding carboxylic acids is 3. The van der Waals surface area contributed by atoms with Crippen LogP contribution >= 0.6 is 0 Å². The van der Waals surface area contributed by atoms with E-state index in [0.717, 1.165) is 11.1 Å². The van der Waals surface area contributed by atoms with E-state index in [0.29, 0.717) is 46.9 Å². The Hall–Kier alpha value is -3.94. The van der Waals surface area contributed by atoms with Crippen molar-refractivity contribution >= 4 is 23.4 Å². The van der Waals surface area contributed by atoms with Gasteiger partial charge in [0.15, 0.2) is 17.3 Å². The monoisotopic (exact) mass is 519 g/mol. The van der Waals surface area contributed by atoms with Gasteiger partial charge in [0, 0.05) is 29.3 Å². The van der Waals surface area contributed by atoms with Crippen molar-refractivity contribution in [1.82, 2.24) is 0 Å². The summed E-state index contributed by atoms with van der Waals surface area (Å²) in [4.78, 5) is 43.8. The molecular weight excluding hydrogens is 486 g/mol. The maximum absolute atomic E-state index is 13.8. The molecule has 4 rings (SSSR count). The molecule has 0 bridgehead atoms. The molecule has 2 aromatic carbocycles. The van der Waals surface area contributed by atoms with Crippen molar-refractivity contribution in [2.75, 3.05) is 27.9 Å². The van der Waals surface area contributed by atoms with Gasteiger partial charge in [0.25, 0.3) is 0 Å². The Morgan fingerprint density at radius 2 is 1.63 bits per heavy atom. The highest BCUT2D eigenvalue weighted by Crippen LogP contribution is 2.47. The van der Waals surface area contributed by atoms with Gasteiger partial charge in [0.2, 0.25) is 0 Å². The predicted molar refractivity (Wildman–Crippen MR) is 142 cm³/mol. The van der Waals surface area contributed by atoms with Gasteiger partial charge in [-0.15, -0.1) is 0 Å². The lowest BCUT2D eigenvalue weighted by Crippen LogP contribution is -2.38. The average Bonchev–Trinajstić information content (AvgIpc) is 2.94. The zero-order chi connectivity index (χ0) is 27.4. The van der Waals surface area contributed by atoms with E-state index in [4.69, 9.17) is 23.9 Å². The first-order valence-electron chi connectivity index (χ1n) is 12.7. The van der Waals surface area contributed by atoms with Gasteiger partial charge < -0.3 is 18.9 Å². The molecule has 0 aromatic heterocycles. The summed E-state index contributed by atoms with van der Waals surface area (Å²) >= 11 is 0. The van der Waals surface area contributed by atoms with Crippen LogP contribution in [0.15, 0.2) is 58.7 Å². The van der Waals surface area contributed by atoms with Crippen LogP contribution in [0.3, 0.4) is 0 Å². The van der Waals surface area contributed by atoms with Gasteiger partial charge in [-0.1, -0.05) is 25.1 Å². The third-order valence-electron chi connectivity index (χ3n) is 7.16. The molecule has 0 amide bonds. The van der Waals surface area contributed by atoms with Gasteiger partial charge in [0.05, 0.1) is 33.5 Å². The lowest BCUT2D eigenvalue weighted by molar-refractivity contribution is -0.146. The number of carbonyl (C=O) groups is 3. The smallest absolute Gasteiger partial charge is 0.337 e. The van der Waals surface area contributed by atoms with E-state index in [9.17, 15) is 14.4 Å². The third-order valence-corrected chi connectivity index (χ3v) is 7.16. The predicted octanol–water partition coefficient (Wildman–Crippen LogP) is 5.02. The summed E-state index contributed by atoms with van der Waals surface area (Å²) in [6.07, 6.45) is 1.50. The van der Waals surface area contributed by atoms with Crippen LogP contribution in [0.1, 0.15) is 66.4 Å². The Morgan fingerprint density at radius 3 is 2.26 bits per heavy atom. The average molecular weight is 520 g/mol. The van der Waals surface area contributed by atoms with Crippen LogP contribution in [0.25, 0.3) is 0 Å². The number of aliphatic imine (C=N–C) groups is 1. The van der Waals surface area contributed by atoms with E-state index in [1.54, 1.807) is 38.5 Å². The molecule has 2 aliphatic rings. The minimum Gasteiger partial charge on any atom is -0.493 e. The van der Waals surface area contributed by atoms with Crippen molar-refractivity contribution in [3.63, 3.8) is 0 Å². The Bertz CT molecular complexity index is 1290. The first kappa shape index (κ1) is 27.1. The molecule has 0 fully saturated rings. The van der Waals surface area contributed by atoms with E-state index in [2.05, 4.69) is 0 Å². The second-order valence-electron chi connectivity index (χ2n) is 9.49. The Labute approximate surface area is 222 Å². The number of benzene rings is 2. The number of ether oxygens (including phenoxy) is 4. The first-order valence-corrected chi connectivity index (χ1v) is 12.7. The largest absolute Gasteiger partial charge is 0.493 e. The van der Waals surface area contributed by atoms with E-state index in [1.807, 2.05) is 32.0 Å². The summed E-state index contributed by atoms with van der Waals surface area (Å²) in [7, 11) is 4.48. The van der Waals surface area contributed by atoms with Gasteiger partial charge >= 0.3 is 11.9 Å². The molecule has 8 nitrogen and oxygen atoms in total. The number of ketones is 1. The van der Waals surface area contributed by atoms with Crippen LogP contribution in [-0.2, 0) is 19.1 Å². The number of rotatable bonds is 8. The van der Waals surface area contributed by atoms with Crippen LogP contribution in [0.2, 0.25) is 0 Å². The highest BCUT2D eigenvalue weighted by atomic mass is 16.5. The standard InChI is InChI=1S/C30H33NO7/c1-6-13-38-30(34)26-17(2)31-22-14-21(20-11-12-24(35-3)25(16-20)36-4)15-23(32)28(22)27(26)18-7-9-19(10-8-18)29(33)37-5/h7-12,16,21,26-27H,6,13-15H2,1-5H3/t21-,26?,27-/m1/s1. The summed E-state index contributed by atoms with van der Waals surface area (Å²) < 4.78 is 21.2. The van der Waals surface area contributed by atoms with Crippen molar-refractivity contribution in [3.05, 3.63) is 70.4 Å². The maximum Gasteiger partial charge on any atom is 0.337 e. The maximum atomic E-state index is 13.8. The summed E-state index contributed by atoms with van der Waals surface area (Å²) in [6.45, 7) is 4.03. The molecule has 1 aliphatic carbocycles. The molecule has 1 heterocycles. The number of hydrogen-bond acceptors (Lipinski definition) is 8. The van der Waals surface area contributed by atoms with Crippen LogP contribution in [-0.4, -0.2) is 51.4 Å². The van der Waals surface area contributed by atoms with Gasteiger partial charge in [-0.25, -0.2) is 4.79 Å². The fraction of sp³-hybridized carbons (Fsp3) is 0.400. The second-order valence-corrected chi connectivity index (χ2v) is 9.49. The number of nitrogens with zero attached hydrogens (tertiary/aromatic N) is 1. The molecule has 0 radical (unpaired) electrons. The van der Waals surface area contributed by atoms with Crippen molar-refractivity contribution in [3.8, 4) is 11.5 Å². The molecule has 200 valence electrons. The van der Waals surface area contributed by atoms with Gasteiger partial charge in [0.1, 0.15) is 5.92 Å². The van der Waals surface area contributed by atoms with Crippen molar-refractivity contribution in [1.29, 1.82) is 0 Å². The molecule has 8 heteroatoms. The van der Waals surface area contributed by atoms with Crippen LogP contribution in [0, 0.1) is 5.92 Å². The molecule has 0 saturated carbocycles. The highest BCUT2D eigenvalue weighted by Gasteiger charge is 2.44. The first-order chi connectivity index (χ1) is 18.3. The van der Waals surface area contributed by atoms with E-state index < -0.39 is 23.8 Å². The molecule has 0 spiro atoms. The fourth-order valence-corrected chi connectivity index (χ4v) is 5.30. The minimum absolute atomic E-state index is 0.0578. The summed E-state index contributed by atoms with van der Waals surface area (Å²) in [5.74, 6) is -1.08. The molecule has 3 atom stereocenters. The van der Waals surface area contributed by atoms with E-state index in [-0.39, 0.29) is 24.7 Å². The van der Waals surface area contributed by atoms with Crippen molar-refractivity contribution in [2.45, 2.75) is 44.9 Å². The molecule has 1 unspecified atom stereocenters. The van der Waals surface area contributed by atoms with Crippen molar-refractivity contribution in [2.24, 2.45) is 10.9 Å². The Morgan fingerprint density at radius 1 is 0.947 bits per heavy atom. The molecular formula is C30H33NO7. The number of Topliss-reactive ketones (excluding diaryl/α,β-unsaturated/α-hetero) is 1. The summed E-state index contributed by atoms with van der Waals surface area (Å²) in [5.41, 5.74) is 3.92. The molecule has 0 N–H and O–H groups in total. The van der Waals surface area contributed by atoms with Crippen LogP contribution in [0.5, 0.6) is 11.5 Å².